The van der Waals surface area contributed by atoms with Crippen LogP contribution >= 0.6 is 0 Å². The monoisotopic (exact) mass is 360 g/mol. The first-order chi connectivity index (χ1) is 12.5. The highest BCUT2D eigenvalue weighted by molar-refractivity contribution is 5.91. The van der Waals surface area contributed by atoms with Crippen LogP contribution in [-0.2, 0) is 17.8 Å². The smallest absolute Gasteiger partial charge is 0.337 e. The molecule has 1 aliphatic heterocycles. The van der Waals surface area contributed by atoms with Gasteiger partial charge in [-0.15, -0.1) is 0 Å². The summed E-state index contributed by atoms with van der Waals surface area (Å²) in [5, 5.41) is 13.0. The van der Waals surface area contributed by atoms with E-state index in [9.17, 15) is 14.3 Å². The van der Waals surface area contributed by atoms with Crippen LogP contribution < -0.4 is 5.32 Å². The van der Waals surface area contributed by atoms with Crippen molar-refractivity contribution in [2.24, 2.45) is 0 Å². The third-order valence-electron chi connectivity index (χ3n) is 5.08. The molecule has 140 valence electrons. The SMILES string of the molecule is Cc1c(CNC[C@H]2CCCO2)c(C(=O)O)c(C)n1Cc1ccc(F)cc1. The quantitative estimate of drug-likeness (QED) is 0.796. The molecular formula is C20H25FN2O3. The maximum Gasteiger partial charge on any atom is 0.337 e. The minimum atomic E-state index is -0.919. The van der Waals surface area contributed by atoms with E-state index in [4.69, 9.17) is 4.74 Å². The van der Waals surface area contributed by atoms with E-state index >= 15 is 0 Å². The first-order valence-electron chi connectivity index (χ1n) is 8.96. The van der Waals surface area contributed by atoms with Crippen molar-refractivity contribution in [1.29, 1.82) is 0 Å². The Morgan fingerprint density at radius 2 is 2.04 bits per heavy atom. The molecule has 1 saturated heterocycles. The maximum atomic E-state index is 13.1. The van der Waals surface area contributed by atoms with Crippen LogP contribution in [-0.4, -0.2) is 34.9 Å². The first kappa shape index (κ1) is 18.6. The molecule has 2 heterocycles. The number of carboxylic acids is 1. The Kier molecular flexibility index (Phi) is 5.74. The van der Waals surface area contributed by atoms with E-state index in [1.165, 1.54) is 12.1 Å². The van der Waals surface area contributed by atoms with Gasteiger partial charge in [-0.1, -0.05) is 12.1 Å². The second kappa shape index (κ2) is 8.01. The molecule has 0 saturated carbocycles. The number of aromatic carboxylic acids is 1. The number of halogens is 1. The highest BCUT2D eigenvalue weighted by Crippen LogP contribution is 2.24. The maximum absolute atomic E-state index is 13.1. The van der Waals surface area contributed by atoms with Gasteiger partial charge in [0.25, 0.3) is 0 Å². The van der Waals surface area contributed by atoms with Crippen LogP contribution in [0.15, 0.2) is 24.3 Å². The molecule has 3 rings (SSSR count). The van der Waals surface area contributed by atoms with Gasteiger partial charge in [-0.25, -0.2) is 9.18 Å². The lowest BCUT2D eigenvalue weighted by Crippen LogP contribution is -2.26. The average molecular weight is 360 g/mol. The Balaban J connectivity index is 1.80. The van der Waals surface area contributed by atoms with Crippen molar-refractivity contribution in [2.75, 3.05) is 13.2 Å². The predicted octanol–water partition coefficient (Wildman–Crippen LogP) is 3.26. The summed E-state index contributed by atoms with van der Waals surface area (Å²) in [5.74, 6) is -1.20. The number of ether oxygens (including phenoxy) is 1. The molecule has 26 heavy (non-hydrogen) atoms. The van der Waals surface area contributed by atoms with Crippen molar-refractivity contribution in [3.8, 4) is 0 Å². The summed E-state index contributed by atoms with van der Waals surface area (Å²) < 4.78 is 20.7. The number of hydrogen-bond donors (Lipinski definition) is 2. The number of carbonyl (C=O) groups is 1. The molecule has 1 atom stereocenters. The molecule has 2 aromatic rings. The summed E-state index contributed by atoms with van der Waals surface area (Å²) in [6, 6.07) is 6.30. The number of rotatable bonds is 7. The van der Waals surface area contributed by atoms with Crippen LogP contribution in [0.25, 0.3) is 0 Å². The van der Waals surface area contributed by atoms with Gasteiger partial charge in [0.1, 0.15) is 5.82 Å². The molecule has 1 aromatic heterocycles. The van der Waals surface area contributed by atoms with Crippen LogP contribution in [0.4, 0.5) is 4.39 Å². The predicted molar refractivity (Wildman–Crippen MR) is 97.0 cm³/mol. The second-order valence-electron chi connectivity index (χ2n) is 6.81. The first-order valence-corrected chi connectivity index (χ1v) is 8.96. The summed E-state index contributed by atoms with van der Waals surface area (Å²) in [6.45, 7) is 6.30. The summed E-state index contributed by atoms with van der Waals surface area (Å²) in [4.78, 5) is 11.8. The van der Waals surface area contributed by atoms with E-state index in [0.29, 0.717) is 24.3 Å². The van der Waals surface area contributed by atoms with Crippen molar-refractivity contribution in [2.45, 2.75) is 45.9 Å². The topological polar surface area (TPSA) is 63.5 Å². The highest BCUT2D eigenvalue weighted by atomic mass is 19.1. The molecule has 0 bridgehead atoms. The Morgan fingerprint density at radius 3 is 2.65 bits per heavy atom. The molecule has 5 nitrogen and oxygen atoms in total. The highest BCUT2D eigenvalue weighted by Gasteiger charge is 2.23. The van der Waals surface area contributed by atoms with Gasteiger partial charge < -0.3 is 19.7 Å². The Bertz CT molecular complexity index is 777. The number of benzene rings is 1. The molecule has 1 aliphatic rings. The fourth-order valence-electron chi connectivity index (χ4n) is 3.62. The zero-order valence-corrected chi connectivity index (χ0v) is 15.2. The molecular weight excluding hydrogens is 335 g/mol. The van der Waals surface area contributed by atoms with Crippen LogP contribution in [0.3, 0.4) is 0 Å². The summed E-state index contributed by atoms with van der Waals surface area (Å²) in [5.41, 5.74) is 3.72. The minimum absolute atomic E-state index is 0.214. The summed E-state index contributed by atoms with van der Waals surface area (Å²) in [6.07, 6.45) is 2.34. The number of nitrogens with one attached hydrogen (secondary N) is 1. The fourth-order valence-corrected chi connectivity index (χ4v) is 3.62. The van der Waals surface area contributed by atoms with Crippen LogP contribution in [0.1, 0.15) is 45.7 Å². The van der Waals surface area contributed by atoms with Gasteiger partial charge in [0.15, 0.2) is 0 Å². The van der Waals surface area contributed by atoms with Crippen molar-refractivity contribution >= 4 is 5.97 Å². The number of carboxylic acid groups (broad SMARTS) is 1. The lowest BCUT2D eigenvalue weighted by molar-refractivity contribution is 0.0694. The Hall–Kier alpha value is -2.18. The van der Waals surface area contributed by atoms with Crippen LogP contribution in [0, 0.1) is 19.7 Å². The zero-order valence-electron chi connectivity index (χ0n) is 15.2. The third kappa shape index (κ3) is 3.97. The molecule has 0 spiro atoms. The molecule has 0 aliphatic carbocycles. The molecule has 1 aromatic carbocycles. The fraction of sp³-hybridized carbons (Fsp3) is 0.450. The Labute approximate surface area is 152 Å². The standard InChI is InChI=1S/C20H25FN2O3/c1-13-18(11-22-10-17-4-3-9-26-17)19(20(24)25)14(2)23(13)12-15-5-7-16(21)8-6-15/h5-8,17,22H,3-4,9-12H2,1-2H3,(H,24,25)/t17-/m1/s1. The van der Waals surface area contributed by atoms with Gasteiger partial charge >= 0.3 is 5.97 Å². The zero-order chi connectivity index (χ0) is 18.7. The van der Waals surface area contributed by atoms with E-state index in [0.717, 1.165) is 42.8 Å². The molecule has 1 fully saturated rings. The van der Waals surface area contributed by atoms with E-state index in [1.54, 1.807) is 12.1 Å². The molecule has 2 N–H and O–H groups in total. The van der Waals surface area contributed by atoms with E-state index in [-0.39, 0.29) is 11.9 Å². The summed E-state index contributed by atoms with van der Waals surface area (Å²) >= 11 is 0. The van der Waals surface area contributed by atoms with E-state index in [2.05, 4.69) is 5.32 Å². The van der Waals surface area contributed by atoms with Gasteiger partial charge in [0.05, 0.1) is 11.7 Å². The molecule has 6 heteroatoms. The normalized spacial score (nSPS) is 17.0. The number of aromatic nitrogens is 1. The van der Waals surface area contributed by atoms with Gasteiger partial charge in [0, 0.05) is 43.2 Å². The van der Waals surface area contributed by atoms with Crippen molar-refractivity contribution < 1.29 is 19.0 Å². The Morgan fingerprint density at radius 1 is 1.31 bits per heavy atom. The van der Waals surface area contributed by atoms with Crippen LogP contribution in [0.5, 0.6) is 0 Å². The summed E-state index contributed by atoms with van der Waals surface area (Å²) in [7, 11) is 0. The van der Waals surface area contributed by atoms with Gasteiger partial charge in [0.2, 0.25) is 0 Å². The van der Waals surface area contributed by atoms with Crippen LogP contribution in [0.2, 0.25) is 0 Å². The molecule has 0 amide bonds. The molecule has 0 radical (unpaired) electrons. The number of hydrogen-bond acceptors (Lipinski definition) is 3. The van der Waals surface area contributed by atoms with E-state index < -0.39 is 5.97 Å². The van der Waals surface area contributed by atoms with Crippen molar-refractivity contribution in [1.82, 2.24) is 9.88 Å². The largest absolute Gasteiger partial charge is 0.478 e. The van der Waals surface area contributed by atoms with Gasteiger partial charge in [-0.3, -0.25) is 0 Å². The third-order valence-corrected chi connectivity index (χ3v) is 5.08. The lowest BCUT2D eigenvalue weighted by atomic mass is 10.1. The minimum Gasteiger partial charge on any atom is -0.478 e. The lowest BCUT2D eigenvalue weighted by Gasteiger charge is -2.12. The average Bonchev–Trinajstić information content (AvgIpc) is 3.19. The van der Waals surface area contributed by atoms with Crippen molar-refractivity contribution in [3.05, 3.63) is 58.2 Å². The molecule has 0 unspecified atom stereocenters. The van der Waals surface area contributed by atoms with Gasteiger partial charge in [-0.05, 0) is 44.4 Å². The van der Waals surface area contributed by atoms with Gasteiger partial charge in [-0.2, -0.15) is 0 Å². The number of nitrogens with zero attached hydrogens (tertiary/aromatic N) is 1. The van der Waals surface area contributed by atoms with Crippen molar-refractivity contribution in [3.63, 3.8) is 0 Å². The second-order valence-corrected chi connectivity index (χ2v) is 6.81. The van der Waals surface area contributed by atoms with E-state index in [1.807, 2.05) is 18.4 Å².